The maximum Gasteiger partial charge on any atom is 0.0994 e. The molecule has 0 aromatic heterocycles. The van der Waals surface area contributed by atoms with Crippen molar-refractivity contribution in [2.45, 2.75) is 26.3 Å². The minimum Gasteiger partial charge on any atom is -0.316 e. The normalized spacial score (nSPS) is 11.2. The average Bonchev–Trinajstić information content (AvgIpc) is 1.78. The highest BCUT2D eigenvalue weighted by molar-refractivity contribution is 5.53. The van der Waals surface area contributed by atoms with Crippen molar-refractivity contribution < 1.29 is 0 Å². The molecule has 0 fully saturated rings. The minimum absolute atomic E-state index is 0.386. The van der Waals surface area contributed by atoms with Crippen LogP contribution in [0.3, 0.4) is 0 Å². The summed E-state index contributed by atoms with van der Waals surface area (Å²) in [5.74, 6) is 5.72. The first-order chi connectivity index (χ1) is 4.56. The fraction of sp³-hybridized carbons (Fsp3) is 0.625. The number of hydrogen-bond acceptors (Lipinski definition) is 2. The van der Waals surface area contributed by atoms with Crippen LogP contribution in [0.25, 0.3) is 0 Å². The van der Waals surface area contributed by atoms with Crippen molar-refractivity contribution in [2.24, 2.45) is 10.7 Å². The van der Waals surface area contributed by atoms with E-state index in [-0.39, 0.29) is 5.54 Å². The van der Waals surface area contributed by atoms with E-state index >= 15 is 0 Å². The maximum atomic E-state index is 5.59. The summed E-state index contributed by atoms with van der Waals surface area (Å²) in [5, 5.41) is 0. The summed E-state index contributed by atoms with van der Waals surface area (Å²) in [6, 6.07) is 0. The van der Waals surface area contributed by atoms with Crippen LogP contribution in [0.2, 0.25) is 0 Å². The van der Waals surface area contributed by atoms with Gasteiger partial charge in [-0.05, 0) is 27.0 Å². The van der Waals surface area contributed by atoms with Crippen LogP contribution in [-0.2, 0) is 0 Å². The Kier molecular flexibility index (Phi) is 3.75. The van der Waals surface area contributed by atoms with E-state index in [0.29, 0.717) is 6.54 Å². The van der Waals surface area contributed by atoms with E-state index < -0.39 is 0 Å². The van der Waals surface area contributed by atoms with E-state index in [0.717, 1.165) is 0 Å². The van der Waals surface area contributed by atoms with Crippen molar-refractivity contribution in [1.29, 1.82) is 0 Å². The molecular formula is C8H14N2. The van der Waals surface area contributed by atoms with E-state index in [1.54, 1.807) is 6.21 Å². The monoisotopic (exact) mass is 138 g/mol. The van der Waals surface area contributed by atoms with Crippen molar-refractivity contribution in [3.63, 3.8) is 0 Å². The van der Waals surface area contributed by atoms with Gasteiger partial charge in [-0.3, -0.25) is 4.99 Å². The highest BCUT2D eigenvalue weighted by atomic mass is 14.7. The highest BCUT2D eigenvalue weighted by Crippen LogP contribution is 1.90. The molecule has 2 heteroatoms. The Morgan fingerprint density at radius 2 is 2.20 bits per heavy atom. The molecule has 10 heavy (non-hydrogen) atoms. The summed E-state index contributed by atoms with van der Waals surface area (Å²) in [5.41, 5.74) is 5.21. The van der Waals surface area contributed by atoms with Crippen LogP contribution in [0.15, 0.2) is 4.99 Å². The summed E-state index contributed by atoms with van der Waals surface area (Å²) < 4.78 is 0. The lowest BCUT2D eigenvalue weighted by Gasteiger charge is -2.06. The summed E-state index contributed by atoms with van der Waals surface area (Å²) >= 11 is 0. The van der Waals surface area contributed by atoms with Crippen LogP contribution in [-0.4, -0.2) is 18.3 Å². The zero-order valence-electron chi connectivity index (χ0n) is 6.81. The number of nitrogens with two attached hydrogens (primary N) is 1. The van der Waals surface area contributed by atoms with Crippen molar-refractivity contribution >= 4 is 6.21 Å². The second-order valence-electron chi connectivity index (χ2n) is 2.62. The molecule has 0 aromatic carbocycles. The molecule has 0 rings (SSSR count). The molecule has 0 aromatic rings. The molecule has 0 amide bonds. The van der Waals surface area contributed by atoms with E-state index in [1.165, 1.54) is 0 Å². The quantitative estimate of drug-likeness (QED) is 0.423. The van der Waals surface area contributed by atoms with Crippen LogP contribution in [0, 0.1) is 11.8 Å². The topological polar surface area (TPSA) is 38.4 Å². The Hall–Kier alpha value is -0.810. The molecule has 2 N–H and O–H groups in total. The zero-order chi connectivity index (χ0) is 8.04. The molecule has 0 heterocycles. The molecule has 0 radical (unpaired) electrons. The first-order valence-corrected chi connectivity index (χ1v) is 3.29. The smallest absolute Gasteiger partial charge is 0.0994 e. The molecule has 0 unspecified atom stereocenters. The third-order valence-corrected chi connectivity index (χ3v) is 0.763. The van der Waals surface area contributed by atoms with Crippen molar-refractivity contribution in [3.05, 3.63) is 0 Å². The van der Waals surface area contributed by atoms with Crippen molar-refractivity contribution in [2.75, 3.05) is 6.54 Å². The van der Waals surface area contributed by atoms with Gasteiger partial charge in [0, 0.05) is 0 Å². The second-order valence-corrected chi connectivity index (χ2v) is 2.62. The Morgan fingerprint density at radius 3 is 2.60 bits per heavy atom. The van der Waals surface area contributed by atoms with Gasteiger partial charge in [0.15, 0.2) is 0 Å². The van der Waals surface area contributed by atoms with E-state index in [9.17, 15) is 0 Å². The van der Waals surface area contributed by atoms with Crippen molar-refractivity contribution in [1.82, 2.24) is 0 Å². The van der Waals surface area contributed by atoms with Gasteiger partial charge >= 0.3 is 0 Å². The molecule has 0 aliphatic carbocycles. The Bertz CT molecular complexity index is 164. The predicted molar refractivity (Wildman–Crippen MR) is 45.1 cm³/mol. The second kappa shape index (κ2) is 4.08. The molecule has 0 saturated carbocycles. The first-order valence-electron chi connectivity index (χ1n) is 3.29. The van der Waals surface area contributed by atoms with Crippen LogP contribution in [0.1, 0.15) is 20.8 Å². The predicted octanol–water partition coefficient (Wildman–Crippen LogP) is 0.818. The number of hydrogen-bond donors (Lipinski definition) is 1. The lowest BCUT2D eigenvalue weighted by molar-refractivity contribution is 0.680. The summed E-state index contributed by atoms with van der Waals surface area (Å²) in [7, 11) is 0. The molecule has 0 atom stereocenters. The van der Waals surface area contributed by atoms with Gasteiger partial charge in [0.1, 0.15) is 0 Å². The van der Waals surface area contributed by atoms with Crippen LogP contribution in [0.5, 0.6) is 0 Å². The molecule has 56 valence electrons. The van der Waals surface area contributed by atoms with Gasteiger partial charge in [0.25, 0.3) is 0 Å². The molecular weight excluding hydrogens is 124 g/mol. The molecule has 2 nitrogen and oxygen atoms in total. The third kappa shape index (κ3) is 7.19. The van der Waals surface area contributed by atoms with E-state index in [1.807, 2.05) is 20.8 Å². The largest absolute Gasteiger partial charge is 0.316 e. The molecule has 0 saturated heterocycles. The average molecular weight is 138 g/mol. The first kappa shape index (κ1) is 9.19. The molecule has 0 spiro atoms. The van der Waals surface area contributed by atoms with E-state index in [4.69, 9.17) is 5.73 Å². The Labute approximate surface area is 62.5 Å². The van der Waals surface area contributed by atoms with Gasteiger partial charge in [0.05, 0.1) is 12.1 Å². The zero-order valence-corrected chi connectivity index (χ0v) is 6.81. The molecule has 0 aliphatic heterocycles. The lowest BCUT2D eigenvalue weighted by atomic mass is 10.1. The van der Waals surface area contributed by atoms with Gasteiger partial charge in [-0.15, -0.1) is 0 Å². The summed E-state index contributed by atoms with van der Waals surface area (Å²) in [6.07, 6.45) is 1.73. The SMILES string of the molecule is C/C=N\CC#CC(C)(C)N. The summed E-state index contributed by atoms with van der Waals surface area (Å²) in [6.45, 7) is 6.16. The van der Waals surface area contributed by atoms with E-state index in [2.05, 4.69) is 16.8 Å². The van der Waals surface area contributed by atoms with Crippen LogP contribution in [0.4, 0.5) is 0 Å². The Morgan fingerprint density at radius 1 is 1.60 bits per heavy atom. The summed E-state index contributed by atoms with van der Waals surface area (Å²) in [4.78, 5) is 3.92. The number of nitrogens with zero attached hydrogens (tertiary/aromatic N) is 1. The van der Waals surface area contributed by atoms with Crippen LogP contribution < -0.4 is 5.73 Å². The molecule has 0 aliphatic rings. The maximum absolute atomic E-state index is 5.59. The van der Waals surface area contributed by atoms with Crippen LogP contribution >= 0.6 is 0 Å². The Balaban J connectivity index is 3.70. The third-order valence-electron chi connectivity index (χ3n) is 0.763. The van der Waals surface area contributed by atoms with Gasteiger partial charge < -0.3 is 5.73 Å². The highest BCUT2D eigenvalue weighted by Gasteiger charge is 2.02. The van der Waals surface area contributed by atoms with Crippen molar-refractivity contribution in [3.8, 4) is 11.8 Å². The number of rotatable bonds is 1. The fourth-order valence-electron chi connectivity index (χ4n) is 0.404. The lowest BCUT2D eigenvalue weighted by Crippen LogP contribution is -2.29. The van der Waals surface area contributed by atoms with Gasteiger partial charge in [0.2, 0.25) is 0 Å². The van der Waals surface area contributed by atoms with Gasteiger partial charge in [-0.2, -0.15) is 0 Å². The number of aliphatic imine (C=N–C) groups is 1. The van der Waals surface area contributed by atoms with Gasteiger partial charge in [-0.25, -0.2) is 0 Å². The minimum atomic E-state index is -0.386. The van der Waals surface area contributed by atoms with Gasteiger partial charge in [-0.1, -0.05) is 11.8 Å². The fourth-order valence-corrected chi connectivity index (χ4v) is 0.404. The standard InChI is InChI=1S/C8H14N2/c1-4-10-7-5-6-8(2,3)9/h4H,7,9H2,1-3H3/b10-4-. The molecule has 0 bridgehead atoms.